The molecule has 0 saturated heterocycles. The normalized spacial score (nSPS) is 11.6. The zero-order valence-electron chi connectivity index (χ0n) is 33.2. The van der Waals surface area contributed by atoms with E-state index in [0.29, 0.717) is 0 Å². The van der Waals surface area contributed by atoms with Crippen LogP contribution in [0.3, 0.4) is 0 Å². The summed E-state index contributed by atoms with van der Waals surface area (Å²) in [6.07, 6.45) is 0. The first-order valence-electron chi connectivity index (χ1n) is 20.8. The van der Waals surface area contributed by atoms with Gasteiger partial charge >= 0.3 is 0 Å². The average molecular weight is 795 g/mol. The van der Waals surface area contributed by atoms with Gasteiger partial charge in [0.1, 0.15) is 0 Å². The summed E-state index contributed by atoms with van der Waals surface area (Å²) in [6.45, 7) is 0. The van der Waals surface area contributed by atoms with Crippen LogP contribution >= 0.6 is 11.3 Å². The van der Waals surface area contributed by atoms with Crippen molar-refractivity contribution in [2.45, 2.75) is 0 Å². The number of benzene rings is 10. The van der Waals surface area contributed by atoms with Gasteiger partial charge in [0.25, 0.3) is 0 Å². The second kappa shape index (κ2) is 14.5. The Morgan fingerprint density at radius 1 is 0.344 bits per heavy atom. The fraction of sp³-hybridized carbons (Fsp3) is 0. The highest BCUT2D eigenvalue weighted by atomic mass is 32.1. The second-order valence-corrected chi connectivity index (χ2v) is 16.8. The van der Waals surface area contributed by atoms with E-state index in [4.69, 9.17) is 0 Å². The Morgan fingerprint density at radius 3 is 1.62 bits per heavy atom. The van der Waals surface area contributed by atoms with Crippen molar-refractivity contribution in [1.29, 1.82) is 0 Å². The number of nitrogens with zero attached hydrogens (tertiary/aromatic N) is 2. The highest BCUT2D eigenvalue weighted by Gasteiger charge is 2.24. The molecule has 12 rings (SSSR count). The molecule has 0 N–H and O–H groups in total. The van der Waals surface area contributed by atoms with Crippen LogP contribution in [-0.4, -0.2) is 4.57 Å². The molecule has 0 saturated carbocycles. The Labute approximate surface area is 358 Å². The summed E-state index contributed by atoms with van der Waals surface area (Å²) in [5.41, 5.74) is 14.0. The molecule has 286 valence electrons. The van der Waals surface area contributed by atoms with Crippen LogP contribution in [-0.2, 0) is 0 Å². The molecule has 0 unspecified atom stereocenters. The maximum absolute atomic E-state index is 2.47. The van der Waals surface area contributed by atoms with Crippen molar-refractivity contribution in [2.24, 2.45) is 0 Å². The predicted octanol–water partition coefficient (Wildman–Crippen LogP) is 16.8. The molecule has 3 heteroatoms. The van der Waals surface area contributed by atoms with E-state index in [1.807, 2.05) is 11.3 Å². The molecule has 2 nitrogen and oxygen atoms in total. The number of fused-ring (bicyclic) bond motifs is 7. The fourth-order valence-electron chi connectivity index (χ4n) is 9.35. The molecule has 0 aliphatic carbocycles. The lowest BCUT2D eigenvalue weighted by molar-refractivity contribution is 1.15. The van der Waals surface area contributed by atoms with Crippen LogP contribution in [0.25, 0.3) is 91.8 Å². The van der Waals surface area contributed by atoms with Crippen LogP contribution in [0.4, 0.5) is 17.1 Å². The minimum Gasteiger partial charge on any atom is -0.308 e. The van der Waals surface area contributed by atoms with Gasteiger partial charge in [-0.3, -0.25) is 0 Å². The number of hydrogen-bond acceptors (Lipinski definition) is 2. The highest BCUT2D eigenvalue weighted by molar-refractivity contribution is 7.25. The summed E-state index contributed by atoms with van der Waals surface area (Å²) < 4.78 is 5.03. The standard InChI is InChI=1S/C58H38N2S/c1-2-15-43-38-44(33-32-39(43)14-1)42-30-28-40(29-31-42)41-34-36-45(37-35-41)59(51-21-7-5-18-48(51)49-20-13-27-57-58(49)50-19-6-12-26-56(50)61-57)54-24-10-11-25-55(54)60-52-22-8-3-16-46(52)47-17-4-9-23-53(47)60/h1-38H. The highest BCUT2D eigenvalue weighted by Crippen LogP contribution is 2.48. The monoisotopic (exact) mass is 794 g/mol. The molecule has 2 aromatic heterocycles. The van der Waals surface area contributed by atoms with Crippen LogP contribution in [0.5, 0.6) is 0 Å². The van der Waals surface area contributed by atoms with Gasteiger partial charge in [-0.25, -0.2) is 0 Å². The quantitative estimate of drug-likeness (QED) is 0.156. The summed E-state index contributed by atoms with van der Waals surface area (Å²) >= 11 is 1.86. The second-order valence-electron chi connectivity index (χ2n) is 15.7. The topological polar surface area (TPSA) is 8.17 Å². The Balaban J connectivity index is 1.03. The molecule has 61 heavy (non-hydrogen) atoms. The van der Waals surface area contributed by atoms with Crippen LogP contribution in [0.1, 0.15) is 0 Å². The number of para-hydroxylation sites is 5. The fourth-order valence-corrected chi connectivity index (χ4v) is 10.5. The first kappa shape index (κ1) is 35.2. The van der Waals surface area contributed by atoms with Crippen molar-refractivity contribution < 1.29 is 0 Å². The third kappa shape index (κ3) is 5.93. The lowest BCUT2D eigenvalue weighted by Gasteiger charge is -2.30. The number of hydrogen-bond donors (Lipinski definition) is 0. The Hall–Kier alpha value is -7.72. The molecule has 0 aliphatic heterocycles. The van der Waals surface area contributed by atoms with Gasteiger partial charge in [0.2, 0.25) is 0 Å². The molecule has 12 aromatic rings. The molecular weight excluding hydrogens is 757 g/mol. The number of anilines is 3. The third-order valence-corrected chi connectivity index (χ3v) is 13.3. The summed E-state index contributed by atoms with van der Waals surface area (Å²) in [6, 6.07) is 84.2. The van der Waals surface area contributed by atoms with Crippen LogP contribution in [0, 0.1) is 0 Å². The molecule has 0 atom stereocenters. The molecule has 2 heterocycles. The molecule has 0 amide bonds. The molecule has 0 fully saturated rings. The van der Waals surface area contributed by atoms with Gasteiger partial charge in [-0.1, -0.05) is 170 Å². The Kier molecular flexibility index (Phi) is 8.39. The lowest BCUT2D eigenvalue weighted by Crippen LogP contribution is -2.14. The zero-order valence-corrected chi connectivity index (χ0v) is 34.1. The van der Waals surface area contributed by atoms with E-state index in [1.54, 1.807) is 0 Å². The summed E-state index contributed by atoms with van der Waals surface area (Å²) in [4.78, 5) is 2.47. The Bertz CT molecular complexity index is 3540. The van der Waals surface area contributed by atoms with E-state index in [0.717, 1.165) is 22.7 Å². The van der Waals surface area contributed by atoms with Crippen molar-refractivity contribution in [2.75, 3.05) is 4.90 Å². The first-order valence-corrected chi connectivity index (χ1v) is 21.7. The van der Waals surface area contributed by atoms with Crippen molar-refractivity contribution in [1.82, 2.24) is 4.57 Å². The summed E-state index contributed by atoms with van der Waals surface area (Å²) in [5.74, 6) is 0. The molecule has 0 bridgehead atoms. The van der Waals surface area contributed by atoms with Gasteiger partial charge in [0.05, 0.1) is 28.1 Å². The van der Waals surface area contributed by atoms with E-state index < -0.39 is 0 Å². The molecule has 0 aliphatic rings. The van der Waals surface area contributed by atoms with Crippen molar-refractivity contribution >= 4 is 81.1 Å². The molecular formula is C58H38N2S. The molecule has 10 aromatic carbocycles. The molecule has 0 radical (unpaired) electrons. The molecule has 0 spiro atoms. The maximum atomic E-state index is 2.47. The van der Waals surface area contributed by atoms with Gasteiger partial charge in [-0.05, 0) is 99.3 Å². The van der Waals surface area contributed by atoms with E-state index in [1.165, 1.54) is 86.1 Å². The summed E-state index contributed by atoms with van der Waals surface area (Å²) in [7, 11) is 0. The van der Waals surface area contributed by atoms with Crippen molar-refractivity contribution in [3.63, 3.8) is 0 Å². The minimum atomic E-state index is 1.08. The maximum Gasteiger partial charge on any atom is 0.0702 e. The van der Waals surface area contributed by atoms with Gasteiger partial charge < -0.3 is 9.47 Å². The van der Waals surface area contributed by atoms with Crippen molar-refractivity contribution in [3.05, 3.63) is 231 Å². The van der Waals surface area contributed by atoms with Gasteiger partial charge in [0, 0.05) is 42.2 Å². The predicted molar refractivity (Wildman–Crippen MR) is 262 cm³/mol. The van der Waals surface area contributed by atoms with E-state index in [9.17, 15) is 0 Å². The zero-order chi connectivity index (χ0) is 40.3. The SMILES string of the molecule is c1ccc(N(c2ccc(-c3ccc(-c4ccc5ccccc5c4)cc3)cc2)c2ccccc2-n2c3ccccc3c3ccccc32)c(-c2cccc3sc4ccccc4c23)c1. The first-order chi connectivity index (χ1) is 30.3. The van der Waals surface area contributed by atoms with Gasteiger partial charge in [-0.15, -0.1) is 11.3 Å². The van der Waals surface area contributed by atoms with E-state index in [2.05, 4.69) is 240 Å². The number of rotatable bonds is 7. The average Bonchev–Trinajstić information content (AvgIpc) is 3.88. The minimum absolute atomic E-state index is 1.08. The summed E-state index contributed by atoms with van der Waals surface area (Å²) in [5, 5.41) is 7.59. The largest absolute Gasteiger partial charge is 0.308 e. The van der Waals surface area contributed by atoms with Gasteiger partial charge in [0.15, 0.2) is 0 Å². The van der Waals surface area contributed by atoms with E-state index >= 15 is 0 Å². The lowest BCUT2D eigenvalue weighted by atomic mass is 9.96. The number of aromatic nitrogens is 1. The van der Waals surface area contributed by atoms with Gasteiger partial charge in [-0.2, -0.15) is 0 Å². The van der Waals surface area contributed by atoms with Crippen molar-refractivity contribution in [3.8, 4) is 39.1 Å². The van der Waals surface area contributed by atoms with Crippen LogP contribution in [0.15, 0.2) is 231 Å². The van der Waals surface area contributed by atoms with E-state index in [-0.39, 0.29) is 0 Å². The Morgan fingerprint density at radius 2 is 0.869 bits per heavy atom. The third-order valence-electron chi connectivity index (χ3n) is 12.2. The van der Waals surface area contributed by atoms with Crippen LogP contribution in [0.2, 0.25) is 0 Å². The number of thiophene rings is 1. The smallest absolute Gasteiger partial charge is 0.0702 e. The van der Waals surface area contributed by atoms with Crippen LogP contribution < -0.4 is 4.90 Å².